The summed E-state index contributed by atoms with van der Waals surface area (Å²) in [6.07, 6.45) is 6.90. The normalized spacial score (nSPS) is 20.7. The molecule has 1 N–H and O–H groups in total. The van der Waals surface area contributed by atoms with Crippen molar-refractivity contribution in [2.75, 3.05) is 12.1 Å². The molecule has 1 aromatic rings. The maximum atomic E-state index is 5.40. The van der Waals surface area contributed by atoms with Crippen LogP contribution in [0.2, 0.25) is 0 Å². The summed E-state index contributed by atoms with van der Waals surface area (Å²) in [7, 11) is 0. The smallest absolute Gasteiger partial charge is 0.231 e. The number of ether oxygens (including phenoxy) is 2. The summed E-state index contributed by atoms with van der Waals surface area (Å²) < 4.78 is 10.7. The minimum Gasteiger partial charge on any atom is -0.454 e. The Balaban J connectivity index is 1.64. The lowest BCUT2D eigenvalue weighted by Crippen LogP contribution is -2.27. The van der Waals surface area contributed by atoms with E-state index in [-0.39, 0.29) is 0 Å². The maximum Gasteiger partial charge on any atom is 0.231 e. The van der Waals surface area contributed by atoms with Crippen LogP contribution in [0.5, 0.6) is 11.5 Å². The first-order valence-electron chi connectivity index (χ1n) is 6.99. The van der Waals surface area contributed by atoms with E-state index in [2.05, 4.69) is 18.3 Å². The number of nitrogens with one attached hydrogen (secondary N) is 1. The van der Waals surface area contributed by atoms with Crippen molar-refractivity contribution in [3.63, 3.8) is 0 Å². The third kappa shape index (κ3) is 2.40. The zero-order chi connectivity index (χ0) is 12.4. The van der Waals surface area contributed by atoms with E-state index in [0.717, 1.165) is 23.1 Å². The second-order valence-corrected chi connectivity index (χ2v) is 5.40. The zero-order valence-corrected chi connectivity index (χ0v) is 10.9. The number of benzene rings is 1. The van der Waals surface area contributed by atoms with E-state index in [1.165, 1.54) is 32.1 Å². The summed E-state index contributed by atoms with van der Waals surface area (Å²) in [6, 6.07) is 6.64. The van der Waals surface area contributed by atoms with Crippen molar-refractivity contribution in [2.24, 2.45) is 5.92 Å². The summed E-state index contributed by atoms with van der Waals surface area (Å²) in [4.78, 5) is 0. The molecule has 98 valence electrons. The molecule has 0 spiro atoms. The molecule has 0 saturated heterocycles. The van der Waals surface area contributed by atoms with Gasteiger partial charge in [-0.05, 0) is 37.8 Å². The quantitative estimate of drug-likeness (QED) is 0.881. The van der Waals surface area contributed by atoms with Gasteiger partial charge in [0.05, 0.1) is 0 Å². The Kier molecular flexibility index (Phi) is 3.31. The molecule has 1 saturated carbocycles. The molecule has 0 amide bonds. The Labute approximate surface area is 108 Å². The number of anilines is 1. The van der Waals surface area contributed by atoms with Gasteiger partial charge in [0.25, 0.3) is 0 Å². The van der Waals surface area contributed by atoms with E-state index in [0.29, 0.717) is 12.8 Å². The number of fused-ring (bicyclic) bond motifs is 1. The molecule has 1 unspecified atom stereocenters. The van der Waals surface area contributed by atoms with Gasteiger partial charge in [-0.25, -0.2) is 0 Å². The lowest BCUT2D eigenvalue weighted by atomic mass is 9.84. The van der Waals surface area contributed by atoms with Crippen LogP contribution in [-0.2, 0) is 0 Å². The molecule has 0 bridgehead atoms. The van der Waals surface area contributed by atoms with Crippen molar-refractivity contribution < 1.29 is 9.47 Å². The second kappa shape index (κ2) is 5.09. The molecular weight excluding hydrogens is 226 g/mol. The summed E-state index contributed by atoms with van der Waals surface area (Å²) in [5.41, 5.74) is 1.14. The van der Waals surface area contributed by atoms with Crippen molar-refractivity contribution in [2.45, 2.75) is 45.1 Å². The first-order valence-corrected chi connectivity index (χ1v) is 6.99. The second-order valence-electron chi connectivity index (χ2n) is 5.40. The number of hydrogen-bond donors (Lipinski definition) is 1. The molecule has 3 rings (SSSR count). The summed E-state index contributed by atoms with van der Waals surface area (Å²) >= 11 is 0. The van der Waals surface area contributed by atoms with Crippen molar-refractivity contribution >= 4 is 5.69 Å². The van der Waals surface area contributed by atoms with Gasteiger partial charge in [-0.3, -0.25) is 0 Å². The van der Waals surface area contributed by atoms with Crippen molar-refractivity contribution in [1.29, 1.82) is 0 Å². The van der Waals surface area contributed by atoms with E-state index in [4.69, 9.17) is 9.47 Å². The van der Waals surface area contributed by atoms with Crippen LogP contribution < -0.4 is 14.8 Å². The van der Waals surface area contributed by atoms with Crippen molar-refractivity contribution in [1.82, 2.24) is 0 Å². The largest absolute Gasteiger partial charge is 0.454 e. The van der Waals surface area contributed by atoms with E-state index in [9.17, 15) is 0 Å². The predicted molar refractivity (Wildman–Crippen MR) is 72.2 cm³/mol. The minimum atomic E-state index is 0.344. The van der Waals surface area contributed by atoms with Crippen molar-refractivity contribution in [3.05, 3.63) is 18.2 Å². The van der Waals surface area contributed by atoms with Gasteiger partial charge in [-0.2, -0.15) is 0 Å². The van der Waals surface area contributed by atoms with Crippen LogP contribution in [0.25, 0.3) is 0 Å². The van der Waals surface area contributed by atoms with Gasteiger partial charge in [-0.1, -0.05) is 19.3 Å². The molecule has 0 aromatic heterocycles. The van der Waals surface area contributed by atoms with Gasteiger partial charge in [-0.15, -0.1) is 0 Å². The Morgan fingerprint density at radius 2 is 1.89 bits per heavy atom. The van der Waals surface area contributed by atoms with E-state index in [1.807, 2.05) is 12.1 Å². The maximum absolute atomic E-state index is 5.40. The molecule has 1 aromatic carbocycles. The van der Waals surface area contributed by atoms with Crippen LogP contribution in [-0.4, -0.2) is 12.8 Å². The highest BCUT2D eigenvalue weighted by molar-refractivity contribution is 5.56. The number of rotatable bonds is 3. The molecule has 3 nitrogen and oxygen atoms in total. The molecular formula is C15H21NO2. The average Bonchev–Trinajstić information content (AvgIpc) is 2.87. The fourth-order valence-electron chi connectivity index (χ4n) is 3.00. The van der Waals surface area contributed by atoms with Crippen molar-refractivity contribution in [3.8, 4) is 11.5 Å². The third-order valence-electron chi connectivity index (χ3n) is 4.12. The number of hydrogen-bond acceptors (Lipinski definition) is 3. The first-order chi connectivity index (χ1) is 8.83. The molecule has 1 heterocycles. The third-order valence-corrected chi connectivity index (χ3v) is 4.12. The SMILES string of the molecule is CC(Nc1ccc2c(c1)OCO2)C1CCCCC1. The highest BCUT2D eigenvalue weighted by Crippen LogP contribution is 2.35. The molecule has 1 atom stereocenters. The zero-order valence-electron chi connectivity index (χ0n) is 10.9. The minimum absolute atomic E-state index is 0.344. The van der Waals surface area contributed by atoms with E-state index < -0.39 is 0 Å². The Bertz CT molecular complexity index is 413. The van der Waals surface area contributed by atoms with Gasteiger partial charge in [0.2, 0.25) is 6.79 Å². The monoisotopic (exact) mass is 247 g/mol. The molecule has 1 aliphatic carbocycles. The van der Waals surface area contributed by atoms with E-state index in [1.54, 1.807) is 0 Å². The highest BCUT2D eigenvalue weighted by Gasteiger charge is 2.20. The van der Waals surface area contributed by atoms with Crippen LogP contribution in [0.4, 0.5) is 5.69 Å². The fraction of sp³-hybridized carbons (Fsp3) is 0.600. The van der Waals surface area contributed by atoms with Gasteiger partial charge in [0.15, 0.2) is 11.5 Å². The highest BCUT2D eigenvalue weighted by atomic mass is 16.7. The van der Waals surface area contributed by atoms with Crippen LogP contribution in [0.15, 0.2) is 18.2 Å². The van der Waals surface area contributed by atoms with Gasteiger partial charge in [0.1, 0.15) is 0 Å². The molecule has 0 radical (unpaired) electrons. The average molecular weight is 247 g/mol. The lowest BCUT2D eigenvalue weighted by Gasteiger charge is -2.29. The summed E-state index contributed by atoms with van der Waals surface area (Å²) in [5, 5.41) is 3.61. The lowest BCUT2D eigenvalue weighted by molar-refractivity contribution is 0.174. The Morgan fingerprint density at radius 1 is 1.11 bits per heavy atom. The van der Waals surface area contributed by atoms with E-state index >= 15 is 0 Å². The van der Waals surface area contributed by atoms with Crippen LogP contribution in [0.1, 0.15) is 39.0 Å². The fourth-order valence-corrected chi connectivity index (χ4v) is 3.00. The Morgan fingerprint density at radius 3 is 2.72 bits per heavy atom. The van der Waals surface area contributed by atoms with Crippen LogP contribution in [0, 0.1) is 5.92 Å². The molecule has 18 heavy (non-hydrogen) atoms. The van der Waals surface area contributed by atoms with Crippen LogP contribution in [0.3, 0.4) is 0 Å². The van der Waals surface area contributed by atoms with Gasteiger partial charge < -0.3 is 14.8 Å². The van der Waals surface area contributed by atoms with Gasteiger partial charge in [0, 0.05) is 17.8 Å². The summed E-state index contributed by atoms with van der Waals surface area (Å²) in [5.74, 6) is 2.52. The standard InChI is InChI=1S/C15H21NO2/c1-11(12-5-3-2-4-6-12)16-13-7-8-14-15(9-13)18-10-17-14/h7-9,11-12,16H,2-6,10H2,1H3. The van der Waals surface area contributed by atoms with Crippen LogP contribution >= 0.6 is 0 Å². The summed E-state index contributed by atoms with van der Waals surface area (Å²) in [6.45, 7) is 2.64. The topological polar surface area (TPSA) is 30.5 Å². The van der Waals surface area contributed by atoms with Gasteiger partial charge >= 0.3 is 0 Å². The predicted octanol–water partition coefficient (Wildman–Crippen LogP) is 3.80. The molecule has 1 fully saturated rings. The molecule has 3 heteroatoms. The molecule has 1 aliphatic heterocycles. The first kappa shape index (κ1) is 11.7. The molecule has 2 aliphatic rings. The Hall–Kier alpha value is -1.38.